The van der Waals surface area contributed by atoms with Crippen LogP contribution in [0.1, 0.15) is 29.8 Å². The minimum atomic E-state index is -3.94. The van der Waals surface area contributed by atoms with Crippen molar-refractivity contribution in [2.24, 2.45) is 5.92 Å². The van der Waals surface area contributed by atoms with E-state index in [2.05, 4.69) is 9.71 Å². The molecule has 7 nitrogen and oxygen atoms in total. The van der Waals surface area contributed by atoms with Gasteiger partial charge in [0.15, 0.2) is 6.61 Å². The smallest absolute Gasteiger partial charge is 0.324 e. The lowest BCUT2D eigenvalue weighted by Gasteiger charge is -2.19. The number of hydrogen-bond donors (Lipinski definition) is 2. The maximum Gasteiger partial charge on any atom is 0.324 e. The first-order valence-electron chi connectivity index (χ1n) is 11.9. The predicted molar refractivity (Wildman–Crippen MR) is 145 cm³/mol. The van der Waals surface area contributed by atoms with Crippen LogP contribution in [0, 0.1) is 5.92 Å². The molecule has 0 aliphatic rings. The highest BCUT2D eigenvalue weighted by molar-refractivity contribution is 7.92. The number of rotatable bonds is 10. The van der Waals surface area contributed by atoms with E-state index in [-0.39, 0.29) is 5.78 Å². The van der Waals surface area contributed by atoms with Crippen LogP contribution < -0.4 is 4.72 Å². The van der Waals surface area contributed by atoms with Crippen molar-refractivity contribution in [2.45, 2.75) is 19.9 Å². The van der Waals surface area contributed by atoms with Gasteiger partial charge < -0.3 is 9.72 Å². The van der Waals surface area contributed by atoms with E-state index in [0.29, 0.717) is 16.8 Å². The lowest BCUT2D eigenvalue weighted by Crippen LogP contribution is -2.45. The molecule has 8 heteroatoms. The number of esters is 1. The summed E-state index contributed by atoms with van der Waals surface area (Å²) in [5.41, 5.74) is 3.37. The third kappa shape index (κ3) is 6.41. The Balaban J connectivity index is 1.50. The van der Waals surface area contributed by atoms with Gasteiger partial charge in [-0.1, -0.05) is 92.7 Å². The molecule has 0 amide bonds. The summed E-state index contributed by atoms with van der Waals surface area (Å²) in [6.45, 7) is 2.88. The van der Waals surface area contributed by atoms with Gasteiger partial charge in [0.2, 0.25) is 15.8 Å². The highest BCUT2D eigenvalue weighted by Gasteiger charge is 2.29. The van der Waals surface area contributed by atoms with Gasteiger partial charge in [-0.05, 0) is 29.2 Å². The third-order valence-electron chi connectivity index (χ3n) is 5.84. The average Bonchev–Trinajstić information content (AvgIpc) is 3.30. The van der Waals surface area contributed by atoms with Crippen LogP contribution in [0.3, 0.4) is 0 Å². The Labute approximate surface area is 216 Å². The molecule has 4 rings (SSSR count). The summed E-state index contributed by atoms with van der Waals surface area (Å²) in [7, 11) is -3.94. The number of ether oxygens (including phenoxy) is 1. The second-order valence-corrected chi connectivity index (χ2v) is 10.5. The molecule has 1 aromatic heterocycles. The van der Waals surface area contributed by atoms with Crippen molar-refractivity contribution in [3.05, 3.63) is 101 Å². The van der Waals surface area contributed by atoms with Gasteiger partial charge >= 0.3 is 5.97 Å². The van der Waals surface area contributed by atoms with E-state index in [1.165, 1.54) is 6.08 Å². The number of carbonyl (C=O) groups excluding carboxylic acids is 2. The molecule has 3 aromatic carbocycles. The van der Waals surface area contributed by atoms with Crippen LogP contribution in [-0.2, 0) is 19.6 Å². The summed E-state index contributed by atoms with van der Waals surface area (Å²) >= 11 is 0. The van der Waals surface area contributed by atoms with Gasteiger partial charge in [-0.25, -0.2) is 8.42 Å². The number of fused-ring (bicyclic) bond motifs is 1. The molecule has 0 fully saturated rings. The molecule has 1 heterocycles. The number of H-pyrrole nitrogens is 1. The number of aromatic amines is 1. The van der Waals surface area contributed by atoms with E-state index < -0.39 is 34.6 Å². The first-order valence-corrected chi connectivity index (χ1v) is 13.4. The van der Waals surface area contributed by atoms with Crippen molar-refractivity contribution < 1.29 is 22.7 Å². The van der Waals surface area contributed by atoms with E-state index in [4.69, 9.17) is 4.74 Å². The molecule has 190 valence electrons. The van der Waals surface area contributed by atoms with Crippen LogP contribution in [0.4, 0.5) is 0 Å². The molecule has 0 saturated heterocycles. The van der Waals surface area contributed by atoms with E-state index in [9.17, 15) is 18.0 Å². The fourth-order valence-electron chi connectivity index (χ4n) is 3.96. The van der Waals surface area contributed by atoms with Gasteiger partial charge in [-0.15, -0.1) is 0 Å². The molecule has 37 heavy (non-hydrogen) atoms. The van der Waals surface area contributed by atoms with Crippen LogP contribution in [0.25, 0.3) is 28.2 Å². The zero-order valence-electron chi connectivity index (χ0n) is 20.5. The molecule has 4 aromatic rings. The number of benzene rings is 3. The van der Waals surface area contributed by atoms with Crippen molar-refractivity contribution in [2.75, 3.05) is 6.61 Å². The van der Waals surface area contributed by atoms with E-state index >= 15 is 0 Å². The Morgan fingerprint density at radius 3 is 2.22 bits per heavy atom. The molecule has 1 atom stereocenters. The Hall–Kier alpha value is -4.01. The van der Waals surface area contributed by atoms with Crippen LogP contribution in [0.2, 0.25) is 0 Å². The molecule has 1 unspecified atom stereocenters. The SMILES string of the molecule is CC(C)C(NS(=O)(=O)C=Cc1ccccc1)C(=O)OCC(=O)c1c(-c2ccccc2)[nH]c2ccccc12. The fraction of sp³-hybridized carbons (Fsp3) is 0.172. The zero-order chi connectivity index (χ0) is 26.4. The molecule has 0 aliphatic heterocycles. The summed E-state index contributed by atoms with van der Waals surface area (Å²) < 4.78 is 33.0. The van der Waals surface area contributed by atoms with Crippen LogP contribution in [0.15, 0.2) is 90.3 Å². The number of para-hydroxylation sites is 1. The first kappa shape index (κ1) is 26.1. The van der Waals surface area contributed by atoms with Gasteiger partial charge in [0.05, 0.1) is 11.3 Å². The topological polar surface area (TPSA) is 105 Å². The number of Topliss-reactive ketones (excluding diaryl/α,β-unsaturated/α-hetero) is 1. The van der Waals surface area contributed by atoms with Crippen molar-refractivity contribution >= 4 is 38.8 Å². The summed E-state index contributed by atoms with van der Waals surface area (Å²) in [6, 6.07) is 24.6. The standard InChI is InChI=1S/C29H28N2O5S/c1-20(2)27(31-37(34,35)18-17-21-11-5-3-6-12-21)29(33)36-19-25(32)26-23-15-9-10-16-24(23)30-28(26)22-13-7-4-8-14-22/h3-18,20,27,30-31H,19H2,1-2H3. The van der Waals surface area contributed by atoms with Crippen molar-refractivity contribution in [3.8, 4) is 11.3 Å². The van der Waals surface area contributed by atoms with Gasteiger partial charge in [0, 0.05) is 16.3 Å². The number of aromatic nitrogens is 1. The van der Waals surface area contributed by atoms with Gasteiger partial charge in [-0.3, -0.25) is 9.59 Å². The van der Waals surface area contributed by atoms with Crippen LogP contribution >= 0.6 is 0 Å². The number of sulfonamides is 1. The van der Waals surface area contributed by atoms with Crippen LogP contribution in [-0.4, -0.2) is 37.8 Å². The monoisotopic (exact) mass is 516 g/mol. The second-order valence-electron chi connectivity index (χ2n) is 8.92. The highest BCUT2D eigenvalue weighted by atomic mass is 32.2. The lowest BCUT2D eigenvalue weighted by molar-refractivity contribution is -0.145. The van der Waals surface area contributed by atoms with Gasteiger partial charge in [0.25, 0.3) is 0 Å². The number of nitrogens with one attached hydrogen (secondary N) is 2. The molecule has 0 bridgehead atoms. The molecule has 0 saturated carbocycles. The van der Waals surface area contributed by atoms with Gasteiger partial charge in [0.1, 0.15) is 6.04 Å². The molecular formula is C29H28N2O5S. The lowest BCUT2D eigenvalue weighted by atomic mass is 10.0. The van der Waals surface area contributed by atoms with Gasteiger partial charge in [-0.2, -0.15) is 4.72 Å². The number of hydrogen-bond acceptors (Lipinski definition) is 5. The van der Waals surface area contributed by atoms with Crippen molar-refractivity contribution in [1.82, 2.24) is 9.71 Å². The fourth-order valence-corrected chi connectivity index (χ4v) is 5.09. The maximum absolute atomic E-state index is 13.3. The first-order chi connectivity index (χ1) is 17.7. The van der Waals surface area contributed by atoms with E-state index in [0.717, 1.165) is 21.9 Å². The summed E-state index contributed by atoms with van der Waals surface area (Å²) in [5.74, 6) is -1.62. The Morgan fingerprint density at radius 1 is 0.919 bits per heavy atom. The Morgan fingerprint density at radius 2 is 1.54 bits per heavy atom. The Bertz CT molecular complexity index is 1520. The summed E-state index contributed by atoms with van der Waals surface area (Å²) in [6.07, 6.45) is 1.44. The summed E-state index contributed by atoms with van der Waals surface area (Å²) in [4.78, 5) is 29.5. The molecule has 0 radical (unpaired) electrons. The second kappa shape index (κ2) is 11.4. The van der Waals surface area contributed by atoms with Crippen molar-refractivity contribution in [3.63, 3.8) is 0 Å². The Kier molecular flexibility index (Phi) is 8.01. The average molecular weight is 517 g/mol. The van der Waals surface area contributed by atoms with E-state index in [1.54, 1.807) is 38.1 Å². The number of carbonyl (C=O) groups is 2. The molecule has 0 spiro atoms. The minimum Gasteiger partial charge on any atom is -0.456 e. The predicted octanol–water partition coefficient (Wildman–Crippen LogP) is 5.18. The quantitative estimate of drug-likeness (QED) is 0.223. The zero-order valence-corrected chi connectivity index (χ0v) is 21.4. The third-order valence-corrected chi connectivity index (χ3v) is 6.92. The minimum absolute atomic E-state index is 0.390. The van der Waals surface area contributed by atoms with E-state index in [1.807, 2.05) is 60.7 Å². The molecule has 2 N–H and O–H groups in total. The molecular weight excluding hydrogens is 488 g/mol. The normalized spacial score (nSPS) is 12.7. The summed E-state index contributed by atoms with van der Waals surface area (Å²) in [5, 5.41) is 1.73. The highest BCUT2D eigenvalue weighted by Crippen LogP contribution is 2.30. The van der Waals surface area contributed by atoms with Crippen molar-refractivity contribution in [1.29, 1.82) is 0 Å². The van der Waals surface area contributed by atoms with Crippen LogP contribution in [0.5, 0.6) is 0 Å². The molecule has 0 aliphatic carbocycles. The number of ketones is 1. The maximum atomic E-state index is 13.3. The largest absolute Gasteiger partial charge is 0.456 e.